The fraction of sp³-hybridized carbons (Fsp3) is 0. The van der Waals surface area contributed by atoms with Gasteiger partial charge in [0.25, 0.3) is 11.8 Å². The van der Waals surface area contributed by atoms with Gasteiger partial charge in [-0.3, -0.25) is 9.59 Å². The number of nitrogens with zero attached hydrogens (tertiary/aromatic N) is 4. The zero-order valence-corrected chi connectivity index (χ0v) is 27.4. The summed E-state index contributed by atoms with van der Waals surface area (Å²) in [5, 5.41) is 16.8. The Hall–Kier alpha value is -7.43. The molecule has 3 aromatic heterocycles. The van der Waals surface area contributed by atoms with Gasteiger partial charge in [-0.05, 0) is 72.8 Å². The van der Waals surface area contributed by atoms with Crippen molar-refractivity contribution in [3.05, 3.63) is 162 Å². The highest BCUT2D eigenvalue weighted by molar-refractivity contribution is 6.34. The van der Waals surface area contributed by atoms with E-state index >= 15 is 0 Å². The summed E-state index contributed by atoms with van der Waals surface area (Å²) < 4.78 is 10.6. The number of aromatic nitrogens is 2. The number of carbonyl (C=O) groups excluding carboxylic acids is 2. The maximum Gasteiger partial charge on any atom is 0.266 e. The van der Waals surface area contributed by atoms with E-state index in [-0.39, 0.29) is 11.8 Å². The van der Waals surface area contributed by atoms with Crippen molar-refractivity contribution in [1.82, 2.24) is 9.13 Å². The minimum atomic E-state index is -0.383. The predicted molar refractivity (Wildman–Crippen MR) is 205 cm³/mol. The van der Waals surface area contributed by atoms with Crippen LogP contribution in [0.25, 0.3) is 76.9 Å². The van der Waals surface area contributed by atoms with Gasteiger partial charge in [0.2, 0.25) is 0 Å². The van der Waals surface area contributed by atoms with Gasteiger partial charge in [0, 0.05) is 38.0 Å². The molecule has 7 nitrogen and oxygen atoms in total. The Bertz CT molecular complexity index is 3230. The summed E-state index contributed by atoms with van der Waals surface area (Å²) in [5.41, 5.74) is 8.68. The predicted octanol–water partition coefficient (Wildman–Crippen LogP) is 10.5. The van der Waals surface area contributed by atoms with E-state index in [4.69, 9.17) is 4.42 Å². The van der Waals surface area contributed by atoms with E-state index in [2.05, 4.69) is 69.8 Å². The Kier molecular flexibility index (Phi) is 5.63. The summed E-state index contributed by atoms with van der Waals surface area (Å²) in [6.45, 7) is 0. The van der Waals surface area contributed by atoms with Crippen LogP contribution in [0.5, 0.6) is 0 Å². The number of amides is 2. The Labute approximate surface area is 295 Å². The Morgan fingerprint density at radius 2 is 1.13 bits per heavy atom. The van der Waals surface area contributed by atoms with Gasteiger partial charge < -0.3 is 13.6 Å². The fourth-order valence-corrected chi connectivity index (χ4v) is 8.25. The van der Waals surface area contributed by atoms with Crippen molar-refractivity contribution < 1.29 is 14.0 Å². The van der Waals surface area contributed by atoms with Gasteiger partial charge in [0.1, 0.15) is 17.2 Å². The molecule has 0 aliphatic carbocycles. The van der Waals surface area contributed by atoms with Crippen LogP contribution in [0.3, 0.4) is 0 Å². The highest BCUT2D eigenvalue weighted by Crippen LogP contribution is 2.43. The van der Waals surface area contributed by atoms with Crippen LogP contribution in [0.15, 0.2) is 150 Å². The third-order valence-corrected chi connectivity index (χ3v) is 10.5. The van der Waals surface area contributed by atoms with E-state index in [0.29, 0.717) is 28.1 Å². The molecule has 1 aliphatic rings. The van der Waals surface area contributed by atoms with E-state index in [1.165, 1.54) is 4.90 Å². The second-order valence-electron chi connectivity index (χ2n) is 13.1. The molecule has 4 heterocycles. The van der Waals surface area contributed by atoms with Gasteiger partial charge >= 0.3 is 0 Å². The average Bonchev–Trinajstić information content (AvgIpc) is 3.91. The van der Waals surface area contributed by atoms with Crippen molar-refractivity contribution in [1.29, 1.82) is 5.26 Å². The van der Waals surface area contributed by atoms with Gasteiger partial charge in [0.15, 0.2) is 0 Å². The van der Waals surface area contributed by atoms with Crippen molar-refractivity contribution in [2.24, 2.45) is 0 Å². The molecule has 2 amide bonds. The highest BCUT2D eigenvalue weighted by atomic mass is 16.3. The average molecular weight is 669 g/mol. The van der Waals surface area contributed by atoms with Gasteiger partial charge in [0.05, 0.1) is 50.1 Å². The molecule has 0 N–H and O–H groups in total. The lowest BCUT2D eigenvalue weighted by atomic mass is 10.1. The zero-order valence-electron chi connectivity index (χ0n) is 27.4. The Morgan fingerprint density at radius 3 is 1.90 bits per heavy atom. The minimum Gasteiger partial charge on any atom is -0.456 e. The van der Waals surface area contributed by atoms with Crippen LogP contribution in [0.1, 0.15) is 26.3 Å². The molecular weight excluding hydrogens is 645 g/mol. The number of hydrogen-bond donors (Lipinski definition) is 0. The van der Waals surface area contributed by atoms with Crippen LogP contribution in [0.2, 0.25) is 0 Å². The van der Waals surface area contributed by atoms with Crippen LogP contribution < -0.4 is 4.90 Å². The SMILES string of the molecule is N#Cc1ccc(N2C(=O)c3ccccc3C2=O)cc1-n1c2ccccc2c2ccc3c(c4ccccc4n3-c3ccc4oc5ccccc5c4c3)c21. The number of furan rings is 1. The molecule has 1 aliphatic heterocycles. The summed E-state index contributed by atoms with van der Waals surface area (Å²) in [5.74, 6) is -0.766. The molecule has 11 rings (SSSR count). The minimum absolute atomic E-state index is 0.367. The number of carbonyl (C=O) groups is 2. The van der Waals surface area contributed by atoms with Crippen molar-refractivity contribution >= 4 is 83.1 Å². The van der Waals surface area contributed by atoms with E-state index in [1.54, 1.807) is 42.5 Å². The number of benzene rings is 7. The maximum absolute atomic E-state index is 13.6. The smallest absolute Gasteiger partial charge is 0.266 e. The molecule has 0 saturated carbocycles. The van der Waals surface area contributed by atoms with Gasteiger partial charge in [-0.15, -0.1) is 0 Å². The summed E-state index contributed by atoms with van der Waals surface area (Å²) in [6.07, 6.45) is 0. The lowest BCUT2D eigenvalue weighted by Gasteiger charge is -2.18. The highest BCUT2D eigenvalue weighted by Gasteiger charge is 2.37. The number of anilines is 1. The lowest BCUT2D eigenvalue weighted by Crippen LogP contribution is -2.29. The molecule has 7 aromatic carbocycles. The number of imide groups is 1. The molecule has 52 heavy (non-hydrogen) atoms. The number of nitriles is 1. The number of hydrogen-bond acceptors (Lipinski definition) is 4. The molecule has 10 aromatic rings. The normalized spacial score (nSPS) is 13.0. The third kappa shape index (κ3) is 3.67. The quantitative estimate of drug-likeness (QED) is 0.175. The lowest BCUT2D eigenvalue weighted by molar-refractivity contribution is 0.0926. The van der Waals surface area contributed by atoms with Crippen molar-refractivity contribution in [2.75, 3.05) is 4.90 Å². The van der Waals surface area contributed by atoms with Crippen LogP contribution in [0.4, 0.5) is 5.69 Å². The fourth-order valence-electron chi connectivity index (χ4n) is 8.25. The second kappa shape index (κ2) is 10.3. The molecule has 0 bridgehead atoms. The number of para-hydroxylation sites is 3. The van der Waals surface area contributed by atoms with E-state index in [1.807, 2.05) is 48.5 Å². The first-order chi connectivity index (χ1) is 25.6. The van der Waals surface area contributed by atoms with Gasteiger partial charge in [-0.1, -0.05) is 72.8 Å². The van der Waals surface area contributed by atoms with Gasteiger partial charge in [-0.2, -0.15) is 5.26 Å². The van der Waals surface area contributed by atoms with E-state index in [9.17, 15) is 14.9 Å². The first-order valence-electron chi connectivity index (χ1n) is 17.0. The maximum atomic E-state index is 13.6. The molecule has 0 unspecified atom stereocenters. The van der Waals surface area contributed by atoms with Crippen molar-refractivity contribution in [3.8, 4) is 17.4 Å². The monoisotopic (exact) mass is 668 g/mol. The van der Waals surface area contributed by atoms with Gasteiger partial charge in [-0.25, -0.2) is 4.90 Å². The third-order valence-electron chi connectivity index (χ3n) is 10.5. The summed E-state index contributed by atoms with van der Waals surface area (Å²) >= 11 is 0. The first kappa shape index (κ1) is 28.4. The molecule has 0 fully saturated rings. The van der Waals surface area contributed by atoms with E-state index < -0.39 is 0 Å². The molecule has 0 saturated heterocycles. The molecule has 7 heteroatoms. The van der Waals surface area contributed by atoms with E-state index in [0.717, 1.165) is 71.2 Å². The Balaban J connectivity index is 1.23. The molecular formula is C45H24N4O3. The van der Waals surface area contributed by atoms with Crippen LogP contribution >= 0.6 is 0 Å². The summed E-state index contributed by atoms with van der Waals surface area (Å²) in [7, 11) is 0. The topological polar surface area (TPSA) is 84.2 Å². The number of fused-ring (bicyclic) bond motifs is 11. The largest absolute Gasteiger partial charge is 0.456 e. The molecule has 0 spiro atoms. The zero-order chi connectivity index (χ0) is 34.7. The Morgan fingerprint density at radius 1 is 0.500 bits per heavy atom. The summed E-state index contributed by atoms with van der Waals surface area (Å²) in [6, 6.07) is 49.7. The number of rotatable bonds is 3. The van der Waals surface area contributed by atoms with Crippen LogP contribution in [-0.4, -0.2) is 20.9 Å². The van der Waals surface area contributed by atoms with Crippen LogP contribution in [0, 0.1) is 11.3 Å². The van der Waals surface area contributed by atoms with Crippen molar-refractivity contribution in [2.45, 2.75) is 0 Å². The first-order valence-corrected chi connectivity index (χ1v) is 17.0. The second-order valence-corrected chi connectivity index (χ2v) is 13.1. The molecule has 0 atom stereocenters. The van der Waals surface area contributed by atoms with Crippen LogP contribution in [-0.2, 0) is 0 Å². The summed E-state index contributed by atoms with van der Waals surface area (Å²) in [4.78, 5) is 28.4. The standard InChI is InChI=1S/C45H24N4O3/c46-25-26-17-18-28(48-44(50)32-11-1-2-12-33(32)45(48)51)24-39(26)49-36-14-6-3-9-29(36)31-20-21-38-42(43(31)49)34-13-4-7-15-37(34)47(38)27-19-22-41-35(23-27)30-10-5-8-16-40(30)52-41/h1-24H. The molecule has 0 radical (unpaired) electrons. The molecule has 242 valence electrons. The van der Waals surface area contributed by atoms with Crippen molar-refractivity contribution in [3.63, 3.8) is 0 Å².